The van der Waals surface area contributed by atoms with Crippen molar-refractivity contribution in [2.75, 3.05) is 36.5 Å². The lowest BCUT2D eigenvalue weighted by Gasteiger charge is -2.28. The lowest BCUT2D eigenvalue weighted by molar-refractivity contribution is 0.122. The van der Waals surface area contributed by atoms with Crippen molar-refractivity contribution in [3.63, 3.8) is 0 Å². The minimum absolute atomic E-state index is 0.102. The summed E-state index contributed by atoms with van der Waals surface area (Å²) in [5, 5.41) is 2.40. The Labute approximate surface area is 223 Å². The molecule has 1 saturated carbocycles. The second kappa shape index (κ2) is 11.9. The lowest BCUT2D eigenvalue weighted by atomic mass is 10.0. The quantitative estimate of drug-likeness (QED) is 0.457. The first-order valence-electron chi connectivity index (χ1n) is 13.0. The molecule has 1 amide bonds. The van der Waals surface area contributed by atoms with E-state index in [9.17, 15) is 13.2 Å². The van der Waals surface area contributed by atoms with Crippen molar-refractivity contribution >= 4 is 27.4 Å². The molecule has 0 atom stereocenters. The molecule has 2 aliphatic rings. The molecule has 9 nitrogen and oxygen atoms in total. The Hall–Kier alpha value is -3.50. The van der Waals surface area contributed by atoms with Gasteiger partial charge in [0.1, 0.15) is 11.6 Å². The average Bonchev–Trinajstić information content (AvgIpc) is 2.94. The van der Waals surface area contributed by atoms with E-state index in [1.165, 1.54) is 0 Å². The number of hydrogen-bond donors (Lipinski definition) is 1. The summed E-state index contributed by atoms with van der Waals surface area (Å²) < 4.78 is 37.2. The van der Waals surface area contributed by atoms with Gasteiger partial charge in [0.15, 0.2) is 15.7 Å². The fourth-order valence-electron chi connectivity index (χ4n) is 4.83. The molecule has 10 heteroatoms. The van der Waals surface area contributed by atoms with E-state index in [-0.39, 0.29) is 11.0 Å². The van der Waals surface area contributed by atoms with E-state index < -0.39 is 15.9 Å². The Morgan fingerprint density at radius 1 is 0.974 bits per heavy atom. The molecular formula is C28H32N4O5S. The fourth-order valence-corrected chi connectivity index (χ4v) is 6.68. The van der Waals surface area contributed by atoms with Crippen molar-refractivity contribution in [1.29, 1.82) is 0 Å². The normalized spacial score (nSPS) is 16.7. The summed E-state index contributed by atoms with van der Waals surface area (Å²) in [4.78, 5) is 23.8. The van der Waals surface area contributed by atoms with Gasteiger partial charge in [0.05, 0.1) is 29.9 Å². The van der Waals surface area contributed by atoms with Gasteiger partial charge in [0.25, 0.3) is 0 Å². The van der Waals surface area contributed by atoms with E-state index in [0.717, 1.165) is 37.7 Å². The Morgan fingerprint density at radius 2 is 1.68 bits per heavy atom. The number of benzene rings is 2. The van der Waals surface area contributed by atoms with Crippen LogP contribution >= 0.6 is 0 Å². The molecule has 0 spiro atoms. The van der Waals surface area contributed by atoms with Gasteiger partial charge in [-0.2, -0.15) is 0 Å². The second-order valence-corrected chi connectivity index (χ2v) is 11.9. The van der Waals surface area contributed by atoms with Gasteiger partial charge in [-0.1, -0.05) is 37.5 Å². The second-order valence-electron chi connectivity index (χ2n) is 9.61. The van der Waals surface area contributed by atoms with Gasteiger partial charge in [0, 0.05) is 30.4 Å². The van der Waals surface area contributed by atoms with Crippen LogP contribution in [0.5, 0.6) is 5.75 Å². The number of sulfone groups is 1. The summed E-state index contributed by atoms with van der Waals surface area (Å²) in [6.07, 6.45) is 3.86. The van der Waals surface area contributed by atoms with Crippen LogP contribution in [0, 0.1) is 0 Å². The van der Waals surface area contributed by atoms with E-state index in [4.69, 9.17) is 14.5 Å². The number of amides is 1. The van der Waals surface area contributed by atoms with Crippen molar-refractivity contribution in [2.24, 2.45) is 0 Å². The molecule has 1 aliphatic carbocycles. The molecule has 1 aliphatic heterocycles. The number of carbonyl (C=O) groups is 1. The number of anilines is 2. The van der Waals surface area contributed by atoms with E-state index in [1.807, 2.05) is 6.07 Å². The summed E-state index contributed by atoms with van der Waals surface area (Å²) in [5.74, 6) is 1.49. The largest absolute Gasteiger partial charge is 0.417 e. The molecule has 5 rings (SSSR count). The molecule has 1 aromatic heterocycles. The van der Waals surface area contributed by atoms with Gasteiger partial charge < -0.3 is 14.4 Å². The Balaban J connectivity index is 1.36. The third kappa shape index (κ3) is 6.68. The standard InChI is InChI=1S/C28H32N4O5S/c33-28(37-24-7-3-1-4-8-24)30-22-13-11-21(12-14-22)27-29-23(19-26(31-27)32-15-17-36-18-16-32)20-38(34,35)25-9-5-2-6-10-25/h1,3-4,7-8,11-14,19,25H,2,5-6,9-10,15-18,20H2,(H,30,33). The van der Waals surface area contributed by atoms with Gasteiger partial charge in [-0.25, -0.2) is 23.2 Å². The predicted octanol–water partition coefficient (Wildman–Crippen LogP) is 4.84. The third-order valence-corrected chi connectivity index (χ3v) is 9.04. The number of nitrogens with one attached hydrogen (secondary N) is 1. The summed E-state index contributed by atoms with van der Waals surface area (Å²) in [6, 6.07) is 17.7. The zero-order valence-electron chi connectivity index (χ0n) is 21.2. The topological polar surface area (TPSA) is 111 Å². The number of hydrogen-bond acceptors (Lipinski definition) is 8. The molecule has 0 radical (unpaired) electrons. The molecular weight excluding hydrogens is 504 g/mol. The van der Waals surface area contributed by atoms with Crippen molar-refractivity contribution in [3.05, 3.63) is 66.4 Å². The molecule has 1 saturated heterocycles. The smallest absolute Gasteiger partial charge is 0.410 e. The highest BCUT2D eigenvalue weighted by molar-refractivity contribution is 7.91. The first-order chi connectivity index (χ1) is 18.5. The van der Waals surface area contributed by atoms with Crippen molar-refractivity contribution in [1.82, 2.24) is 9.97 Å². The van der Waals surface area contributed by atoms with Crippen LogP contribution in [0.15, 0.2) is 60.7 Å². The first kappa shape index (κ1) is 26.1. The highest BCUT2D eigenvalue weighted by Gasteiger charge is 2.28. The van der Waals surface area contributed by atoms with Gasteiger partial charge in [-0.3, -0.25) is 5.32 Å². The Kier molecular flexibility index (Phi) is 8.19. The van der Waals surface area contributed by atoms with Crippen molar-refractivity contribution < 1.29 is 22.7 Å². The van der Waals surface area contributed by atoms with Crippen LogP contribution in [0.25, 0.3) is 11.4 Å². The first-order valence-corrected chi connectivity index (χ1v) is 14.7. The maximum absolute atomic E-state index is 13.2. The van der Waals surface area contributed by atoms with Crippen LogP contribution in [0.1, 0.15) is 37.8 Å². The monoisotopic (exact) mass is 536 g/mol. The molecule has 2 heterocycles. The maximum atomic E-state index is 13.2. The number of carbonyl (C=O) groups excluding carboxylic acids is 1. The maximum Gasteiger partial charge on any atom is 0.417 e. The summed E-state index contributed by atoms with van der Waals surface area (Å²) in [6.45, 7) is 2.54. The SMILES string of the molecule is O=C(Nc1ccc(-c2nc(CS(=O)(=O)C3CCCCC3)cc(N3CCOCC3)n2)cc1)Oc1ccccc1. The summed E-state index contributed by atoms with van der Waals surface area (Å²) in [7, 11) is -3.32. The van der Waals surface area contributed by atoms with Crippen LogP contribution < -0.4 is 15.0 Å². The third-order valence-electron chi connectivity index (χ3n) is 6.85. The van der Waals surface area contributed by atoms with Gasteiger partial charge >= 0.3 is 6.09 Å². The van der Waals surface area contributed by atoms with Crippen molar-refractivity contribution in [3.8, 4) is 17.1 Å². The van der Waals surface area contributed by atoms with E-state index in [0.29, 0.717) is 55.1 Å². The van der Waals surface area contributed by atoms with Crippen LogP contribution in [0.3, 0.4) is 0 Å². The number of morpholine rings is 1. The number of para-hydroxylation sites is 1. The minimum Gasteiger partial charge on any atom is -0.410 e. The van der Waals surface area contributed by atoms with Crippen LogP contribution in [0.2, 0.25) is 0 Å². The van der Waals surface area contributed by atoms with Gasteiger partial charge in [0.2, 0.25) is 0 Å². The van der Waals surface area contributed by atoms with E-state index in [2.05, 4.69) is 15.2 Å². The molecule has 2 fully saturated rings. The Morgan fingerprint density at radius 3 is 2.39 bits per heavy atom. The molecule has 3 aromatic rings. The van der Waals surface area contributed by atoms with Crippen molar-refractivity contribution in [2.45, 2.75) is 43.1 Å². The number of ether oxygens (including phenoxy) is 2. The molecule has 0 unspecified atom stereocenters. The van der Waals surface area contributed by atoms with E-state index >= 15 is 0 Å². The summed E-state index contributed by atoms with van der Waals surface area (Å²) >= 11 is 0. The molecule has 2 aromatic carbocycles. The number of rotatable bonds is 7. The Bertz CT molecular complexity index is 1340. The number of aromatic nitrogens is 2. The zero-order chi connectivity index (χ0) is 26.4. The molecule has 38 heavy (non-hydrogen) atoms. The minimum atomic E-state index is -3.32. The molecule has 0 bridgehead atoms. The molecule has 1 N–H and O–H groups in total. The van der Waals surface area contributed by atoms with Crippen LogP contribution in [-0.4, -0.2) is 56.0 Å². The lowest BCUT2D eigenvalue weighted by Crippen LogP contribution is -2.37. The highest BCUT2D eigenvalue weighted by Crippen LogP contribution is 2.28. The van der Waals surface area contributed by atoms with Crippen LogP contribution in [0.4, 0.5) is 16.3 Å². The molecule has 200 valence electrons. The van der Waals surface area contributed by atoms with Gasteiger partial charge in [-0.05, 0) is 49.2 Å². The average molecular weight is 537 g/mol. The van der Waals surface area contributed by atoms with Crippen LogP contribution in [-0.2, 0) is 20.3 Å². The summed E-state index contributed by atoms with van der Waals surface area (Å²) in [5.41, 5.74) is 1.77. The fraction of sp³-hybridized carbons (Fsp3) is 0.393. The van der Waals surface area contributed by atoms with Gasteiger partial charge in [-0.15, -0.1) is 0 Å². The zero-order valence-corrected chi connectivity index (χ0v) is 22.0. The number of nitrogens with zero attached hydrogens (tertiary/aromatic N) is 3. The predicted molar refractivity (Wildman–Crippen MR) is 146 cm³/mol. The van der Waals surface area contributed by atoms with E-state index in [1.54, 1.807) is 54.6 Å². The highest BCUT2D eigenvalue weighted by atomic mass is 32.2.